The van der Waals surface area contributed by atoms with Crippen LogP contribution in [0.15, 0.2) is 18.2 Å². The van der Waals surface area contributed by atoms with Gasteiger partial charge in [-0.05, 0) is 26.0 Å². The number of ether oxygens (including phenoxy) is 3. The van der Waals surface area contributed by atoms with Crippen LogP contribution in [-0.4, -0.2) is 48.2 Å². The van der Waals surface area contributed by atoms with E-state index in [4.69, 9.17) is 14.2 Å². The van der Waals surface area contributed by atoms with Crippen molar-refractivity contribution in [1.29, 1.82) is 0 Å². The Morgan fingerprint density at radius 2 is 1.92 bits per heavy atom. The fraction of sp³-hybridized carbons (Fsp3) is 0.375. The summed E-state index contributed by atoms with van der Waals surface area (Å²) in [6.45, 7) is 4.28. The fourth-order valence-electron chi connectivity index (χ4n) is 2.24. The Bertz CT molecular complexity index is 711. The molecule has 0 N–H and O–H groups in total. The number of benzene rings is 1. The molecule has 0 atom stereocenters. The van der Waals surface area contributed by atoms with Crippen molar-refractivity contribution in [3.8, 4) is 11.5 Å². The van der Waals surface area contributed by atoms with E-state index in [-0.39, 0.29) is 36.3 Å². The number of carbonyl (C=O) groups excluding carboxylic acids is 2. The van der Waals surface area contributed by atoms with E-state index in [0.29, 0.717) is 18.8 Å². The van der Waals surface area contributed by atoms with Gasteiger partial charge in [0.25, 0.3) is 11.6 Å². The zero-order valence-corrected chi connectivity index (χ0v) is 13.9. The Morgan fingerprint density at radius 3 is 2.52 bits per heavy atom. The average Bonchev–Trinajstić information content (AvgIpc) is 3.05. The highest BCUT2D eigenvalue weighted by Gasteiger charge is 2.22. The third kappa shape index (κ3) is 4.46. The van der Waals surface area contributed by atoms with Crippen LogP contribution in [0.1, 0.15) is 19.4 Å². The summed E-state index contributed by atoms with van der Waals surface area (Å²) in [5.41, 5.74) is -0.0613. The molecule has 1 aromatic carbocycles. The summed E-state index contributed by atoms with van der Waals surface area (Å²) in [7, 11) is 0. The predicted octanol–water partition coefficient (Wildman–Crippen LogP) is 1.75. The first-order valence-electron chi connectivity index (χ1n) is 7.66. The molecule has 1 aliphatic rings. The van der Waals surface area contributed by atoms with Gasteiger partial charge < -0.3 is 19.1 Å². The molecule has 1 amide bonds. The number of carbonyl (C=O) groups is 2. The third-order valence-electron chi connectivity index (χ3n) is 3.57. The van der Waals surface area contributed by atoms with Gasteiger partial charge in [-0.1, -0.05) is 0 Å². The molecule has 0 spiro atoms. The van der Waals surface area contributed by atoms with Crippen molar-refractivity contribution in [1.82, 2.24) is 4.90 Å². The normalized spacial score (nSPS) is 12.2. The molecule has 0 radical (unpaired) electrons. The summed E-state index contributed by atoms with van der Waals surface area (Å²) < 4.78 is 15.1. The van der Waals surface area contributed by atoms with Crippen molar-refractivity contribution < 1.29 is 28.7 Å². The first-order chi connectivity index (χ1) is 12.0. The maximum absolute atomic E-state index is 11.8. The number of nitro groups is 1. The molecule has 2 rings (SSSR count). The number of amides is 1. The van der Waals surface area contributed by atoms with Crippen molar-refractivity contribution in [2.45, 2.75) is 13.8 Å². The molecule has 0 unspecified atom stereocenters. The van der Waals surface area contributed by atoms with Crippen LogP contribution in [0.3, 0.4) is 0 Å². The summed E-state index contributed by atoms with van der Waals surface area (Å²) in [6, 6.07) is 2.64. The molecule has 0 saturated heterocycles. The first-order valence-corrected chi connectivity index (χ1v) is 7.66. The number of hydrogen-bond donors (Lipinski definition) is 0. The lowest BCUT2D eigenvalue weighted by Gasteiger charge is -2.17. The van der Waals surface area contributed by atoms with E-state index in [1.54, 1.807) is 0 Å². The van der Waals surface area contributed by atoms with Gasteiger partial charge in [0.15, 0.2) is 18.1 Å². The minimum Gasteiger partial charge on any atom is -0.454 e. The highest BCUT2D eigenvalue weighted by atomic mass is 16.7. The molecular weight excluding hydrogens is 332 g/mol. The molecule has 1 heterocycles. The summed E-state index contributed by atoms with van der Waals surface area (Å²) in [5.74, 6) is -0.445. The maximum atomic E-state index is 11.8. The minimum absolute atomic E-state index is 0.0187. The topological polar surface area (TPSA) is 108 Å². The highest BCUT2D eigenvalue weighted by molar-refractivity contribution is 5.90. The second-order valence-electron chi connectivity index (χ2n) is 5.03. The van der Waals surface area contributed by atoms with Crippen LogP contribution in [0.25, 0.3) is 6.08 Å². The largest absolute Gasteiger partial charge is 0.454 e. The summed E-state index contributed by atoms with van der Waals surface area (Å²) >= 11 is 0. The zero-order chi connectivity index (χ0) is 18.4. The second kappa shape index (κ2) is 8.13. The van der Waals surface area contributed by atoms with E-state index in [2.05, 4.69) is 0 Å². The monoisotopic (exact) mass is 350 g/mol. The van der Waals surface area contributed by atoms with Crippen LogP contribution < -0.4 is 9.47 Å². The van der Waals surface area contributed by atoms with E-state index in [1.165, 1.54) is 23.1 Å². The zero-order valence-electron chi connectivity index (χ0n) is 13.9. The second-order valence-corrected chi connectivity index (χ2v) is 5.03. The molecule has 0 aliphatic carbocycles. The third-order valence-corrected chi connectivity index (χ3v) is 3.57. The molecule has 0 fully saturated rings. The summed E-state index contributed by atoms with van der Waals surface area (Å²) in [4.78, 5) is 35.6. The molecule has 0 aromatic heterocycles. The summed E-state index contributed by atoms with van der Waals surface area (Å²) in [5, 5.41) is 11.1. The van der Waals surface area contributed by atoms with Gasteiger partial charge in [0, 0.05) is 19.2 Å². The number of nitro benzene ring substituents is 1. The van der Waals surface area contributed by atoms with Gasteiger partial charge in [0.05, 0.1) is 16.6 Å². The number of esters is 1. The molecular formula is C16H18N2O7. The van der Waals surface area contributed by atoms with Crippen molar-refractivity contribution in [3.05, 3.63) is 33.9 Å². The molecule has 0 bridgehead atoms. The van der Waals surface area contributed by atoms with Gasteiger partial charge >= 0.3 is 5.97 Å². The van der Waals surface area contributed by atoms with E-state index in [9.17, 15) is 19.7 Å². The van der Waals surface area contributed by atoms with Crippen LogP contribution in [0.2, 0.25) is 0 Å². The standard InChI is InChI=1S/C16H18N2O7/c1-3-17(4-2)15(19)9-23-16(20)6-5-11-7-13-14(25-10-24-13)8-12(11)18(21)22/h5-8H,3-4,9-10H2,1-2H3/b6-5+. The van der Waals surface area contributed by atoms with Crippen molar-refractivity contribution >= 4 is 23.6 Å². The van der Waals surface area contributed by atoms with Gasteiger partial charge in [-0.3, -0.25) is 14.9 Å². The van der Waals surface area contributed by atoms with Gasteiger partial charge in [-0.2, -0.15) is 0 Å². The maximum Gasteiger partial charge on any atom is 0.331 e. The number of nitrogens with zero attached hydrogens (tertiary/aromatic N) is 2. The molecule has 9 nitrogen and oxygen atoms in total. The van der Waals surface area contributed by atoms with Crippen LogP contribution in [0.5, 0.6) is 11.5 Å². The van der Waals surface area contributed by atoms with Crippen molar-refractivity contribution in [2.24, 2.45) is 0 Å². The Labute approximate surface area is 143 Å². The molecule has 25 heavy (non-hydrogen) atoms. The van der Waals surface area contributed by atoms with Gasteiger partial charge in [-0.15, -0.1) is 0 Å². The van der Waals surface area contributed by atoms with E-state index in [0.717, 1.165) is 6.08 Å². The molecule has 9 heteroatoms. The van der Waals surface area contributed by atoms with Gasteiger partial charge in [-0.25, -0.2) is 4.79 Å². The van der Waals surface area contributed by atoms with E-state index in [1.807, 2.05) is 13.8 Å². The van der Waals surface area contributed by atoms with E-state index < -0.39 is 10.9 Å². The quantitative estimate of drug-likeness (QED) is 0.319. The van der Waals surface area contributed by atoms with Crippen LogP contribution in [0.4, 0.5) is 5.69 Å². The van der Waals surface area contributed by atoms with Crippen molar-refractivity contribution in [3.63, 3.8) is 0 Å². The van der Waals surface area contributed by atoms with Gasteiger partial charge in [0.1, 0.15) is 0 Å². The lowest BCUT2D eigenvalue weighted by molar-refractivity contribution is -0.385. The molecule has 134 valence electrons. The molecule has 0 saturated carbocycles. The SMILES string of the molecule is CCN(CC)C(=O)COC(=O)/C=C/c1cc2c(cc1[N+](=O)[O-])OCO2. The fourth-order valence-corrected chi connectivity index (χ4v) is 2.24. The Balaban J connectivity index is 2.05. The number of hydrogen-bond acceptors (Lipinski definition) is 7. The lowest BCUT2D eigenvalue weighted by Crippen LogP contribution is -2.34. The number of rotatable bonds is 7. The number of likely N-dealkylation sites (N-methyl/N-ethyl adjacent to an activating group) is 1. The molecule has 1 aromatic rings. The Hall–Kier alpha value is -3.10. The van der Waals surface area contributed by atoms with Gasteiger partial charge in [0.2, 0.25) is 6.79 Å². The number of fused-ring (bicyclic) bond motifs is 1. The van der Waals surface area contributed by atoms with Crippen LogP contribution in [-0.2, 0) is 14.3 Å². The Morgan fingerprint density at radius 1 is 1.28 bits per heavy atom. The van der Waals surface area contributed by atoms with E-state index >= 15 is 0 Å². The van der Waals surface area contributed by atoms with Crippen LogP contribution >= 0.6 is 0 Å². The minimum atomic E-state index is -0.771. The van der Waals surface area contributed by atoms with Crippen LogP contribution in [0, 0.1) is 10.1 Å². The lowest BCUT2D eigenvalue weighted by atomic mass is 10.1. The van der Waals surface area contributed by atoms with Crippen molar-refractivity contribution in [2.75, 3.05) is 26.5 Å². The first kappa shape index (κ1) is 18.2. The predicted molar refractivity (Wildman–Crippen MR) is 87.1 cm³/mol. The summed E-state index contributed by atoms with van der Waals surface area (Å²) in [6.07, 6.45) is 2.27. The molecule has 1 aliphatic heterocycles. The average molecular weight is 350 g/mol. The Kier molecular flexibility index (Phi) is 5.93. The highest BCUT2D eigenvalue weighted by Crippen LogP contribution is 2.38. The smallest absolute Gasteiger partial charge is 0.331 e.